The number of fused-ring (bicyclic) bond motifs is 3. The topological polar surface area (TPSA) is 217 Å². The summed E-state index contributed by atoms with van der Waals surface area (Å²) in [6, 6.07) is 2.78. The van der Waals surface area contributed by atoms with Gasteiger partial charge in [0.05, 0.1) is 17.8 Å². The second-order valence-corrected chi connectivity index (χ2v) is 9.78. The van der Waals surface area contributed by atoms with Crippen LogP contribution in [0, 0.1) is 11.8 Å². The van der Waals surface area contributed by atoms with Gasteiger partial charge in [0, 0.05) is 23.2 Å². The molecule has 13 nitrogen and oxygen atoms in total. The predicted molar refractivity (Wildman–Crippen MR) is 129 cm³/mol. The SMILES string of the molecule is CN(C)C1C(=O)C(C(N)=O)=C(O)C2(O)C(=O)C3=C(O)c4c(O)ccc(NC(=O)c5ccno5)c4CC3CC12. The minimum atomic E-state index is -2.72. The number of phenols is 1. The largest absolute Gasteiger partial charge is 0.508 e. The molecular weight excluding hydrogens is 500 g/mol. The summed E-state index contributed by atoms with van der Waals surface area (Å²) in [7, 11) is 3.03. The molecule has 1 saturated carbocycles. The van der Waals surface area contributed by atoms with E-state index in [1.165, 1.54) is 43.4 Å². The number of nitrogens with one attached hydrogen (secondary N) is 1. The van der Waals surface area contributed by atoms with Crippen LogP contribution in [0.25, 0.3) is 5.76 Å². The summed E-state index contributed by atoms with van der Waals surface area (Å²) in [4.78, 5) is 53.0. The quantitative estimate of drug-likeness (QED) is 0.234. The Balaban J connectivity index is 1.66. The van der Waals surface area contributed by atoms with Crippen LogP contribution in [0.1, 0.15) is 28.1 Å². The molecule has 4 atom stereocenters. The number of ketones is 2. The Morgan fingerprint density at radius 3 is 2.50 bits per heavy atom. The smallest absolute Gasteiger partial charge is 0.294 e. The van der Waals surface area contributed by atoms with Crippen LogP contribution in [0.15, 0.2) is 45.8 Å². The summed E-state index contributed by atoms with van der Waals surface area (Å²) in [6.45, 7) is 0. The van der Waals surface area contributed by atoms with Crippen molar-refractivity contribution in [3.63, 3.8) is 0 Å². The van der Waals surface area contributed by atoms with Crippen molar-refractivity contribution >= 4 is 34.8 Å². The number of Topliss-reactive ketones (excluding diaryl/α,β-unsaturated/α-hetero) is 2. The molecule has 0 spiro atoms. The van der Waals surface area contributed by atoms with Gasteiger partial charge in [0.25, 0.3) is 11.8 Å². The third-order valence-corrected chi connectivity index (χ3v) is 7.51. The lowest BCUT2D eigenvalue weighted by Gasteiger charge is -2.50. The Labute approximate surface area is 214 Å². The molecule has 5 rings (SSSR count). The molecule has 1 aromatic heterocycles. The average molecular weight is 524 g/mol. The minimum absolute atomic E-state index is 0.0228. The molecule has 4 unspecified atom stereocenters. The van der Waals surface area contributed by atoms with E-state index in [4.69, 9.17) is 10.3 Å². The number of likely N-dealkylation sites (N-methyl/N-ethyl adjacent to an activating group) is 1. The van der Waals surface area contributed by atoms with Gasteiger partial charge < -0.3 is 36.0 Å². The first-order chi connectivity index (χ1) is 17.9. The van der Waals surface area contributed by atoms with Gasteiger partial charge in [-0.2, -0.15) is 0 Å². The zero-order chi connectivity index (χ0) is 27.7. The fraction of sp³-hybridized carbons (Fsp3) is 0.320. The van der Waals surface area contributed by atoms with E-state index in [-0.39, 0.29) is 35.4 Å². The number of nitrogens with two attached hydrogens (primary N) is 1. The number of aliphatic hydroxyl groups is 3. The van der Waals surface area contributed by atoms with E-state index in [0.29, 0.717) is 5.56 Å². The summed E-state index contributed by atoms with van der Waals surface area (Å²) in [5, 5.41) is 50.4. The first kappa shape index (κ1) is 25.2. The summed E-state index contributed by atoms with van der Waals surface area (Å²) < 4.78 is 4.87. The molecule has 2 aromatic rings. The van der Waals surface area contributed by atoms with Crippen molar-refractivity contribution in [2.45, 2.75) is 24.5 Å². The Morgan fingerprint density at radius 1 is 1.18 bits per heavy atom. The first-order valence-electron chi connectivity index (χ1n) is 11.6. The van der Waals surface area contributed by atoms with Crippen LogP contribution < -0.4 is 11.1 Å². The molecule has 13 heteroatoms. The highest BCUT2D eigenvalue weighted by atomic mass is 16.5. The monoisotopic (exact) mass is 524 g/mol. The molecule has 38 heavy (non-hydrogen) atoms. The lowest BCUT2D eigenvalue weighted by molar-refractivity contribution is -0.153. The minimum Gasteiger partial charge on any atom is -0.508 e. The second-order valence-electron chi connectivity index (χ2n) is 9.78. The molecule has 0 aliphatic heterocycles. The van der Waals surface area contributed by atoms with E-state index in [0.717, 1.165) is 0 Å². The van der Waals surface area contributed by atoms with E-state index in [1.807, 2.05) is 0 Å². The third-order valence-electron chi connectivity index (χ3n) is 7.51. The van der Waals surface area contributed by atoms with Crippen molar-refractivity contribution in [3.05, 3.63) is 58.2 Å². The van der Waals surface area contributed by atoms with Gasteiger partial charge in [-0.05, 0) is 50.6 Å². The number of phenolic OH excluding ortho intramolecular Hbond substituents is 1. The number of benzene rings is 1. The standard InChI is InChI=1S/C25H24N4O9/c1-29(2)18-11-8-9-7-10-12(28-24(36)14-5-6-27-38-14)3-4-13(30)16(10)19(31)15(9)21(33)25(11,37)22(34)17(20(18)32)23(26)35/h3-6,9,11,18,30-31,34,37H,7-8H2,1-2H3,(H2,26,35)(H,28,36). The molecule has 1 aromatic carbocycles. The van der Waals surface area contributed by atoms with Crippen molar-refractivity contribution in [1.82, 2.24) is 10.1 Å². The summed E-state index contributed by atoms with van der Waals surface area (Å²) in [5.74, 6) is -8.18. The zero-order valence-corrected chi connectivity index (χ0v) is 20.3. The Bertz CT molecular complexity index is 1470. The molecular formula is C25H24N4O9. The number of hydrogen-bond acceptors (Lipinski definition) is 11. The molecule has 1 fully saturated rings. The van der Waals surface area contributed by atoms with Crippen LogP contribution in [0.3, 0.4) is 0 Å². The molecule has 3 aliphatic rings. The van der Waals surface area contributed by atoms with Crippen LogP contribution in [0.5, 0.6) is 5.75 Å². The second kappa shape index (κ2) is 8.53. The van der Waals surface area contributed by atoms with Crippen LogP contribution in [-0.4, -0.2) is 79.6 Å². The highest BCUT2D eigenvalue weighted by molar-refractivity contribution is 6.24. The van der Waals surface area contributed by atoms with Gasteiger partial charge in [0.2, 0.25) is 11.5 Å². The molecule has 2 amide bonds. The van der Waals surface area contributed by atoms with Gasteiger partial charge in [-0.3, -0.25) is 24.1 Å². The van der Waals surface area contributed by atoms with Crippen molar-refractivity contribution in [3.8, 4) is 5.75 Å². The maximum atomic E-state index is 13.8. The van der Waals surface area contributed by atoms with E-state index in [2.05, 4.69) is 10.5 Å². The van der Waals surface area contributed by atoms with Gasteiger partial charge in [-0.1, -0.05) is 5.16 Å². The summed E-state index contributed by atoms with van der Waals surface area (Å²) >= 11 is 0. The van der Waals surface area contributed by atoms with Gasteiger partial charge in [-0.15, -0.1) is 0 Å². The van der Waals surface area contributed by atoms with Crippen molar-refractivity contribution in [1.29, 1.82) is 0 Å². The van der Waals surface area contributed by atoms with Gasteiger partial charge in [0.1, 0.15) is 22.8 Å². The number of nitrogens with zero attached hydrogens (tertiary/aromatic N) is 2. The van der Waals surface area contributed by atoms with Crippen molar-refractivity contribution in [2.24, 2.45) is 17.6 Å². The van der Waals surface area contributed by atoms with E-state index < -0.39 is 69.7 Å². The normalized spacial score (nSPS) is 26.7. The van der Waals surface area contributed by atoms with Gasteiger partial charge in [-0.25, -0.2) is 0 Å². The van der Waals surface area contributed by atoms with Crippen LogP contribution in [0.2, 0.25) is 0 Å². The molecule has 7 N–H and O–H groups in total. The van der Waals surface area contributed by atoms with Gasteiger partial charge in [0.15, 0.2) is 11.4 Å². The number of hydrogen-bond donors (Lipinski definition) is 6. The number of primary amides is 1. The molecule has 1 heterocycles. The third kappa shape index (κ3) is 3.35. The van der Waals surface area contributed by atoms with Crippen molar-refractivity contribution < 1.29 is 44.1 Å². The van der Waals surface area contributed by atoms with Crippen LogP contribution in [-0.2, 0) is 20.8 Å². The number of carbonyl (C=O) groups is 4. The van der Waals surface area contributed by atoms with Crippen LogP contribution in [0.4, 0.5) is 5.69 Å². The number of aromatic nitrogens is 1. The number of rotatable bonds is 4. The predicted octanol–water partition coefficient (Wildman–Crippen LogP) is 0.204. The summed E-state index contributed by atoms with van der Waals surface area (Å²) in [6.07, 6.45) is 1.24. The lowest BCUT2D eigenvalue weighted by Crippen LogP contribution is -2.65. The molecule has 0 bridgehead atoms. The van der Waals surface area contributed by atoms with E-state index in [1.54, 1.807) is 0 Å². The molecule has 0 saturated heterocycles. The lowest BCUT2D eigenvalue weighted by atomic mass is 9.57. The number of aliphatic hydroxyl groups excluding tert-OH is 2. The maximum Gasteiger partial charge on any atom is 0.294 e. The van der Waals surface area contributed by atoms with Crippen molar-refractivity contribution in [2.75, 3.05) is 19.4 Å². The fourth-order valence-electron chi connectivity index (χ4n) is 5.88. The van der Waals surface area contributed by atoms with E-state index in [9.17, 15) is 39.6 Å². The highest BCUT2D eigenvalue weighted by Gasteiger charge is 2.64. The maximum absolute atomic E-state index is 13.8. The fourth-order valence-corrected chi connectivity index (χ4v) is 5.88. The first-order valence-corrected chi connectivity index (χ1v) is 11.6. The highest BCUT2D eigenvalue weighted by Crippen LogP contribution is 2.53. The number of carbonyl (C=O) groups excluding carboxylic acids is 4. The number of anilines is 1. The van der Waals surface area contributed by atoms with E-state index >= 15 is 0 Å². The number of aromatic hydroxyl groups is 1. The molecule has 0 radical (unpaired) electrons. The van der Waals surface area contributed by atoms with Gasteiger partial charge >= 0.3 is 0 Å². The summed E-state index contributed by atoms with van der Waals surface area (Å²) in [5.41, 5.74) is 1.81. The number of amides is 2. The molecule has 3 aliphatic carbocycles. The zero-order valence-electron chi connectivity index (χ0n) is 20.3. The Morgan fingerprint density at radius 2 is 1.89 bits per heavy atom. The average Bonchev–Trinajstić information content (AvgIpc) is 3.38. The Kier molecular flexibility index (Phi) is 5.65. The Hall–Kier alpha value is -4.49. The molecule has 198 valence electrons. The van der Waals surface area contributed by atoms with Crippen LogP contribution >= 0.6 is 0 Å².